The number of aliphatic imine (C=N–C) groups is 1. The smallest absolute Gasteiger partial charge is 0.142 e. The van der Waals surface area contributed by atoms with E-state index >= 15 is 0 Å². The maximum Gasteiger partial charge on any atom is 0.142 e. The largest absolute Gasteiger partial charge is 0.375 e. The molecule has 0 aliphatic rings. The lowest BCUT2D eigenvalue weighted by Crippen LogP contribution is -2.21. The molecule has 2 N–H and O–H groups in total. The fourth-order valence-electron chi connectivity index (χ4n) is 2.85. The van der Waals surface area contributed by atoms with Crippen molar-refractivity contribution in [2.24, 2.45) is 10.9 Å². The predicted molar refractivity (Wildman–Crippen MR) is 143 cm³/mol. The van der Waals surface area contributed by atoms with Crippen molar-refractivity contribution >= 4 is 42.1 Å². The Morgan fingerprint density at radius 2 is 1.97 bits per heavy atom. The summed E-state index contributed by atoms with van der Waals surface area (Å²) in [5, 5.41) is 5.19. The zero-order chi connectivity index (χ0) is 25.2. The summed E-state index contributed by atoms with van der Waals surface area (Å²) in [6.45, 7) is 16.4. The number of H-pyrrole nitrogens is 1. The molecule has 0 fully saturated rings. The SMILES string of the molecule is C=c1[nH]cc/c1=C(\C)N=CC.CCC(C=O)Nc1cc(F)cc(Cl)c1.CCCCC(C)CC. The van der Waals surface area contributed by atoms with Crippen LogP contribution in [0.4, 0.5) is 10.1 Å². The molecule has 1 aromatic heterocycles. The zero-order valence-corrected chi connectivity index (χ0v) is 21.8. The molecule has 0 bridgehead atoms. The normalized spacial score (nSPS) is 13.2. The van der Waals surface area contributed by atoms with Gasteiger partial charge >= 0.3 is 0 Å². The first-order chi connectivity index (χ1) is 15.7. The quantitative estimate of drug-likeness (QED) is 0.310. The van der Waals surface area contributed by atoms with E-state index in [9.17, 15) is 9.18 Å². The van der Waals surface area contributed by atoms with E-state index in [0.29, 0.717) is 17.1 Å². The fourth-order valence-corrected chi connectivity index (χ4v) is 3.07. The number of hydrogen-bond acceptors (Lipinski definition) is 3. The van der Waals surface area contributed by atoms with Gasteiger partial charge in [0.1, 0.15) is 12.1 Å². The lowest BCUT2D eigenvalue weighted by molar-refractivity contribution is -0.108. The average Bonchev–Trinajstić information content (AvgIpc) is 3.22. The molecule has 2 atom stereocenters. The zero-order valence-electron chi connectivity index (χ0n) is 21.1. The lowest BCUT2D eigenvalue weighted by Gasteiger charge is -2.11. The Labute approximate surface area is 204 Å². The molecule has 0 spiro atoms. The van der Waals surface area contributed by atoms with Crippen molar-refractivity contribution in [3.05, 3.63) is 51.9 Å². The van der Waals surface area contributed by atoms with E-state index < -0.39 is 5.82 Å². The van der Waals surface area contributed by atoms with Crippen LogP contribution < -0.4 is 15.9 Å². The molecule has 1 aromatic carbocycles. The molecule has 0 saturated carbocycles. The van der Waals surface area contributed by atoms with Gasteiger partial charge in [0, 0.05) is 39.4 Å². The summed E-state index contributed by atoms with van der Waals surface area (Å²) >= 11 is 5.65. The van der Waals surface area contributed by atoms with Crippen LogP contribution in [-0.4, -0.2) is 23.5 Å². The third kappa shape index (κ3) is 13.7. The van der Waals surface area contributed by atoms with Crippen molar-refractivity contribution in [2.75, 3.05) is 5.32 Å². The highest BCUT2D eigenvalue weighted by atomic mass is 35.5. The number of aldehydes is 1. The Hall–Kier alpha value is -2.40. The number of anilines is 1. The van der Waals surface area contributed by atoms with Crippen molar-refractivity contribution in [1.82, 2.24) is 4.98 Å². The van der Waals surface area contributed by atoms with Crippen molar-refractivity contribution in [3.63, 3.8) is 0 Å². The van der Waals surface area contributed by atoms with Crippen molar-refractivity contribution < 1.29 is 9.18 Å². The number of carbonyl (C=O) groups is 1. The first-order valence-corrected chi connectivity index (χ1v) is 12.1. The van der Waals surface area contributed by atoms with Gasteiger partial charge in [-0.3, -0.25) is 4.99 Å². The number of benzene rings is 1. The van der Waals surface area contributed by atoms with E-state index in [1.807, 2.05) is 33.0 Å². The number of aromatic amines is 1. The highest BCUT2D eigenvalue weighted by Gasteiger charge is 2.05. The molecule has 0 amide bonds. The topological polar surface area (TPSA) is 57.2 Å². The predicted octanol–water partition coefficient (Wildman–Crippen LogP) is 6.74. The highest BCUT2D eigenvalue weighted by Crippen LogP contribution is 2.18. The van der Waals surface area contributed by atoms with Crippen molar-refractivity contribution in [2.45, 2.75) is 79.7 Å². The first kappa shape index (κ1) is 30.6. The summed E-state index contributed by atoms with van der Waals surface area (Å²) in [4.78, 5) is 17.7. The molecule has 184 valence electrons. The van der Waals surface area contributed by atoms with Crippen LogP contribution in [0.25, 0.3) is 12.3 Å². The second-order valence-electron chi connectivity index (χ2n) is 7.95. The van der Waals surface area contributed by atoms with Crippen LogP contribution in [-0.2, 0) is 4.79 Å². The molecule has 0 aliphatic carbocycles. The Morgan fingerprint density at radius 1 is 1.27 bits per heavy atom. The van der Waals surface area contributed by atoms with Crippen LogP contribution >= 0.6 is 11.6 Å². The van der Waals surface area contributed by atoms with E-state index in [1.165, 1.54) is 37.8 Å². The van der Waals surface area contributed by atoms with Crippen LogP contribution in [0, 0.1) is 11.7 Å². The van der Waals surface area contributed by atoms with Gasteiger partial charge < -0.3 is 15.1 Å². The van der Waals surface area contributed by atoms with Gasteiger partial charge in [-0.05, 0) is 50.5 Å². The van der Waals surface area contributed by atoms with Crippen LogP contribution in [0.5, 0.6) is 0 Å². The summed E-state index contributed by atoms with van der Waals surface area (Å²) in [6.07, 6.45) is 10.6. The highest BCUT2D eigenvalue weighted by molar-refractivity contribution is 6.30. The van der Waals surface area contributed by atoms with Gasteiger partial charge in [0.2, 0.25) is 0 Å². The fraction of sp³-hybridized carbons (Fsp3) is 0.481. The summed E-state index contributed by atoms with van der Waals surface area (Å²) < 4.78 is 12.9. The minimum Gasteiger partial charge on any atom is -0.375 e. The van der Waals surface area contributed by atoms with Crippen molar-refractivity contribution in [3.8, 4) is 0 Å². The maximum absolute atomic E-state index is 12.9. The molecular formula is C27H41ClFN3O. The Kier molecular flexibility index (Phi) is 16.8. The number of rotatable bonds is 9. The molecule has 0 radical (unpaired) electrons. The number of halogens is 2. The summed E-state index contributed by atoms with van der Waals surface area (Å²) in [5.41, 5.74) is 1.52. The Morgan fingerprint density at radius 3 is 2.42 bits per heavy atom. The van der Waals surface area contributed by atoms with Crippen LogP contribution in [0.3, 0.4) is 0 Å². The number of hydrogen-bond donors (Lipinski definition) is 2. The third-order valence-corrected chi connectivity index (χ3v) is 5.33. The maximum atomic E-state index is 12.9. The molecule has 33 heavy (non-hydrogen) atoms. The standard InChI is InChI=1S/C10H11ClFNO.C9H12N2.C8H18/c1-2-9(6-14)13-10-4-7(11)3-8(12)5-10;1-4-10-7(2)9-5-6-11-8(9)3;1-4-6-7-8(3)5-2/h3-6,9,13H,2H2,1H3;4-6,11H,3H2,1-2H3;8H,4-7H2,1-3H3/b;9-7-,10-4?;. The third-order valence-electron chi connectivity index (χ3n) is 5.11. The van der Waals surface area contributed by atoms with E-state index in [2.05, 4.69) is 42.6 Å². The van der Waals surface area contributed by atoms with Crippen LogP contribution in [0.2, 0.25) is 5.02 Å². The average molecular weight is 478 g/mol. The molecule has 2 aromatic rings. The van der Waals surface area contributed by atoms with E-state index in [4.69, 9.17) is 11.6 Å². The second-order valence-corrected chi connectivity index (χ2v) is 8.39. The van der Waals surface area contributed by atoms with Crippen LogP contribution in [0.15, 0.2) is 35.5 Å². The molecular weight excluding hydrogens is 437 g/mol. The molecule has 1 heterocycles. The molecule has 0 saturated heterocycles. The molecule has 0 aliphatic heterocycles. The number of carbonyl (C=O) groups excluding carboxylic acids is 1. The molecule has 2 unspecified atom stereocenters. The van der Waals surface area contributed by atoms with E-state index in [1.54, 1.807) is 12.3 Å². The van der Waals surface area contributed by atoms with Gasteiger partial charge in [-0.2, -0.15) is 0 Å². The van der Waals surface area contributed by atoms with Gasteiger partial charge in [0.25, 0.3) is 0 Å². The minimum atomic E-state index is -0.416. The first-order valence-electron chi connectivity index (χ1n) is 11.7. The molecule has 2 rings (SSSR count). The summed E-state index contributed by atoms with van der Waals surface area (Å²) in [7, 11) is 0. The van der Waals surface area contributed by atoms with Gasteiger partial charge in [-0.1, -0.05) is 71.6 Å². The van der Waals surface area contributed by atoms with Crippen LogP contribution in [0.1, 0.15) is 73.6 Å². The lowest BCUT2D eigenvalue weighted by atomic mass is 10.0. The monoisotopic (exact) mass is 477 g/mol. The van der Waals surface area contributed by atoms with E-state index in [0.717, 1.165) is 28.5 Å². The minimum absolute atomic E-state index is 0.298. The van der Waals surface area contributed by atoms with Gasteiger partial charge in [-0.25, -0.2) is 4.39 Å². The van der Waals surface area contributed by atoms with Gasteiger partial charge in [-0.15, -0.1) is 0 Å². The van der Waals surface area contributed by atoms with E-state index in [-0.39, 0.29) is 6.04 Å². The van der Waals surface area contributed by atoms with Crippen molar-refractivity contribution in [1.29, 1.82) is 0 Å². The Bertz CT molecular complexity index is 919. The number of nitrogens with zero attached hydrogens (tertiary/aromatic N) is 1. The summed E-state index contributed by atoms with van der Waals surface area (Å²) in [6, 6.07) is 5.78. The number of unbranched alkanes of at least 4 members (excludes halogenated alkanes) is 1. The number of nitrogens with one attached hydrogen (secondary N) is 2. The summed E-state index contributed by atoms with van der Waals surface area (Å²) in [5.74, 6) is 0.538. The second kappa shape index (κ2) is 18.1. The molecule has 6 heteroatoms. The van der Waals surface area contributed by atoms with Gasteiger partial charge in [0.15, 0.2) is 0 Å². The number of aromatic nitrogens is 1. The molecule has 4 nitrogen and oxygen atoms in total. The Balaban J connectivity index is 0.000000485. The van der Waals surface area contributed by atoms with Gasteiger partial charge in [0.05, 0.1) is 6.04 Å².